The van der Waals surface area contributed by atoms with E-state index in [1.54, 1.807) is 0 Å². The van der Waals surface area contributed by atoms with Gasteiger partial charge in [-0.15, -0.1) is 0 Å². The molecule has 3 unspecified atom stereocenters. The van der Waals surface area contributed by atoms with E-state index in [1.165, 1.54) is 0 Å². The van der Waals surface area contributed by atoms with E-state index in [2.05, 4.69) is 60.7 Å². The molecule has 2 bridgehead atoms. The van der Waals surface area contributed by atoms with Crippen molar-refractivity contribution < 1.29 is 12.6 Å². The SMILES string of the molecule is CS(=O)(=O)OC1C2(c3ccccc3)C=CCC1(c1ccccc1)C(c1ccccc1)=C2c1ccccc1. The van der Waals surface area contributed by atoms with Crippen LogP contribution in [0.5, 0.6) is 0 Å². The average molecular weight is 505 g/mol. The van der Waals surface area contributed by atoms with Crippen LogP contribution >= 0.6 is 0 Å². The van der Waals surface area contributed by atoms with Gasteiger partial charge in [0.1, 0.15) is 6.10 Å². The maximum absolute atomic E-state index is 13.0. The Balaban J connectivity index is 1.83. The van der Waals surface area contributed by atoms with Gasteiger partial charge >= 0.3 is 0 Å². The zero-order chi connectivity index (χ0) is 25.5. The molecule has 3 nitrogen and oxygen atoms in total. The molecular formula is C33H28O3S. The highest BCUT2D eigenvalue weighted by Crippen LogP contribution is 2.67. The lowest BCUT2D eigenvalue weighted by Gasteiger charge is -2.46. The quantitative estimate of drug-likeness (QED) is 0.214. The van der Waals surface area contributed by atoms with E-state index < -0.39 is 27.1 Å². The lowest BCUT2D eigenvalue weighted by molar-refractivity contribution is 0.112. The lowest BCUT2D eigenvalue weighted by Crippen LogP contribution is -2.51. The fraction of sp³-hybridized carbons (Fsp3) is 0.152. The molecule has 0 radical (unpaired) electrons. The number of hydrogen-bond donors (Lipinski definition) is 0. The molecule has 0 saturated heterocycles. The molecule has 37 heavy (non-hydrogen) atoms. The second-order valence-electron chi connectivity index (χ2n) is 9.84. The standard InChI is InChI=1S/C33H28O3S/c1-37(34,35)36-31-32(27-19-10-4-11-20-27)23-14-24-33(31,28-21-12-5-13-22-28)30(26-17-8-3-9-18-26)29(32)25-15-6-2-7-16-25/h2-23,31H,24H2,1H3. The second kappa shape index (κ2) is 8.98. The normalized spacial score (nSPS) is 24.8. The van der Waals surface area contributed by atoms with Crippen molar-refractivity contribution in [3.8, 4) is 0 Å². The molecule has 6 rings (SSSR count). The van der Waals surface area contributed by atoms with Crippen LogP contribution in [0, 0.1) is 0 Å². The van der Waals surface area contributed by atoms with Crippen LogP contribution in [-0.4, -0.2) is 20.8 Å². The first-order valence-electron chi connectivity index (χ1n) is 12.5. The van der Waals surface area contributed by atoms with E-state index in [-0.39, 0.29) is 0 Å². The van der Waals surface area contributed by atoms with Crippen molar-refractivity contribution in [1.29, 1.82) is 0 Å². The topological polar surface area (TPSA) is 43.4 Å². The molecule has 0 amide bonds. The maximum atomic E-state index is 13.0. The first-order chi connectivity index (χ1) is 18.0. The Morgan fingerprint density at radius 1 is 0.649 bits per heavy atom. The van der Waals surface area contributed by atoms with Gasteiger partial charge in [0.25, 0.3) is 10.1 Å². The molecule has 0 aromatic heterocycles. The molecule has 4 aromatic rings. The van der Waals surface area contributed by atoms with Gasteiger partial charge in [0, 0.05) is 0 Å². The minimum absolute atomic E-state index is 0.617. The molecule has 0 fully saturated rings. The molecule has 4 heteroatoms. The number of allylic oxidation sites excluding steroid dienone is 1. The lowest BCUT2D eigenvalue weighted by atomic mass is 9.60. The fourth-order valence-electron chi connectivity index (χ4n) is 6.47. The summed E-state index contributed by atoms with van der Waals surface area (Å²) >= 11 is 0. The van der Waals surface area contributed by atoms with Crippen molar-refractivity contribution >= 4 is 21.3 Å². The summed E-state index contributed by atoms with van der Waals surface area (Å²) in [6, 6.07) is 41.1. The largest absolute Gasteiger partial charge is 0.264 e. The average Bonchev–Trinajstić information content (AvgIpc) is 3.05. The van der Waals surface area contributed by atoms with Gasteiger partial charge in [-0.3, -0.25) is 4.18 Å². The summed E-state index contributed by atoms with van der Waals surface area (Å²) in [7, 11) is -3.81. The summed E-state index contributed by atoms with van der Waals surface area (Å²) < 4.78 is 32.2. The van der Waals surface area contributed by atoms with E-state index in [4.69, 9.17) is 4.18 Å². The third-order valence-corrected chi connectivity index (χ3v) is 8.27. The van der Waals surface area contributed by atoms with Crippen molar-refractivity contribution in [2.45, 2.75) is 23.4 Å². The second-order valence-corrected chi connectivity index (χ2v) is 11.4. The molecule has 0 N–H and O–H groups in total. The summed E-state index contributed by atoms with van der Waals surface area (Å²) in [4.78, 5) is 0. The van der Waals surface area contributed by atoms with Crippen LogP contribution in [-0.2, 0) is 25.1 Å². The van der Waals surface area contributed by atoms with Gasteiger partial charge in [-0.05, 0) is 39.8 Å². The molecule has 0 aliphatic heterocycles. The van der Waals surface area contributed by atoms with Crippen molar-refractivity contribution in [3.05, 3.63) is 156 Å². The third kappa shape index (κ3) is 3.71. The Morgan fingerprint density at radius 3 is 1.62 bits per heavy atom. The Hall–Kier alpha value is -3.73. The Bertz CT molecular complexity index is 1580. The molecule has 2 aliphatic rings. The van der Waals surface area contributed by atoms with Gasteiger partial charge in [-0.2, -0.15) is 8.42 Å². The minimum atomic E-state index is -3.81. The molecule has 4 aromatic carbocycles. The van der Waals surface area contributed by atoms with Gasteiger partial charge in [0.2, 0.25) is 0 Å². The molecule has 0 spiro atoms. The minimum Gasteiger partial charge on any atom is -0.264 e. The third-order valence-electron chi connectivity index (χ3n) is 7.73. The number of fused-ring (bicyclic) bond motifs is 2. The van der Waals surface area contributed by atoms with Crippen molar-refractivity contribution in [2.24, 2.45) is 0 Å². The summed E-state index contributed by atoms with van der Waals surface area (Å²) in [6.45, 7) is 0. The van der Waals surface area contributed by atoms with Crippen LogP contribution in [0.3, 0.4) is 0 Å². The van der Waals surface area contributed by atoms with E-state index in [0.29, 0.717) is 6.42 Å². The molecule has 184 valence electrons. The monoisotopic (exact) mass is 504 g/mol. The van der Waals surface area contributed by atoms with Crippen LogP contribution in [0.1, 0.15) is 28.7 Å². The molecule has 0 heterocycles. The molecule has 3 atom stereocenters. The predicted molar refractivity (Wildman–Crippen MR) is 149 cm³/mol. The van der Waals surface area contributed by atoms with Crippen molar-refractivity contribution in [3.63, 3.8) is 0 Å². The van der Waals surface area contributed by atoms with Gasteiger partial charge in [0.05, 0.1) is 17.1 Å². The maximum Gasteiger partial charge on any atom is 0.264 e. The van der Waals surface area contributed by atoms with Gasteiger partial charge < -0.3 is 0 Å². The zero-order valence-electron chi connectivity index (χ0n) is 20.6. The number of benzene rings is 4. The van der Waals surface area contributed by atoms with Crippen molar-refractivity contribution in [2.75, 3.05) is 6.26 Å². The highest BCUT2D eigenvalue weighted by molar-refractivity contribution is 7.86. The summed E-state index contributed by atoms with van der Waals surface area (Å²) in [6.07, 6.45) is 5.45. The summed E-state index contributed by atoms with van der Waals surface area (Å²) in [5.74, 6) is 0. The molecule has 0 saturated carbocycles. The van der Waals surface area contributed by atoms with Crippen molar-refractivity contribution in [1.82, 2.24) is 0 Å². The summed E-state index contributed by atoms with van der Waals surface area (Å²) in [5, 5.41) is 0. The fourth-order valence-corrected chi connectivity index (χ4v) is 7.14. The van der Waals surface area contributed by atoms with E-state index in [9.17, 15) is 8.42 Å². The molecular weight excluding hydrogens is 476 g/mol. The molecule has 2 aliphatic carbocycles. The zero-order valence-corrected chi connectivity index (χ0v) is 21.4. The van der Waals surface area contributed by atoms with Crippen LogP contribution in [0.2, 0.25) is 0 Å². The van der Waals surface area contributed by atoms with Gasteiger partial charge in [-0.1, -0.05) is 133 Å². The van der Waals surface area contributed by atoms with Crippen LogP contribution < -0.4 is 0 Å². The number of hydrogen-bond acceptors (Lipinski definition) is 3. The van der Waals surface area contributed by atoms with Gasteiger partial charge in [0.15, 0.2) is 0 Å². The van der Waals surface area contributed by atoms with Crippen LogP contribution in [0.4, 0.5) is 0 Å². The van der Waals surface area contributed by atoms with Gasteiger partial charge in [-0.25, -0.2) is 0 Å². The Labute approximate surface area is 218 Å². The highest BCUT2D eigenvalue weighted by atomic mass is 32.2. The van der Waals surface area contributed by atoms with E-state index in [0.717, 1.165) is 39.7 Å². The number of rotatable bonds is 6. The van der Waals surface area contributed by atoms with E-state index >= 15 is 0 Å². The first kappa shape index (κ1) is 23.7. The smallest absolute Gasteiger partial charge is 0.264 e. The highest BCUT2D eigenvalue weighted by Gasteiger charge is 2.65. The van der Waals surface area contributed by atoms with Crippen LogP contribution in [0.25, 0.3) is 11.1 Å². The van der Waals surface area contributed by atoms with E-state index in [1.807, 2.05) is 72.8 Å². The predicted octanol–water partition coefficient (Wildman–Crippen LogP) is 6.79. The Kier molecular flexibility index (Phi) is 5.74. The van der Waals surface area contributed by atoms with Crippen LogP contribution in [0.15, 0.2) is 133 Å². The Morgan fingerprint density at radius 2 is 1.11 bits per heavy atom. The summed E-state index contributed by atoms with van der Waals surface area (Å²) in [5.41, 5.74) is 4.78. The first-order valence-corrected chi connectivity index (χ1v) is 14.3.